The number of carbonyl (C=O) groups is 2. The minimum atomic E-state index is -1.01. The van der Waals surface area contributed by atoms with Crippen molar-refractivity contribution in [2.24, 2.45) is 0 Å². The Morgan fingerprint density at radius 3 is 2.50 bits per heavy atom. The van der Waals surface area contributed by atoms with Gasteiger partial charge in [-0.2, -0.15) is 0 Å². The lowest BCUT2D eigenvalue weighted by molar-refractivity contribution is -0.124. The Kier molecular flexibility index (Phi) is 3.95. The first-order chi connectivity index (χ1) is 7.47. The van der Waals surface area contributed by atoms with E-state index < -0.39 is 23.4 Å². The molecule has 0 saturated heterocycles. The van der Waals surface area contributed by atoms with Crippen molar-refractivity contribution in [3.8, 4) is 0 Å². The zero-order valence-corrected chi connectivity index (χ0v) is 9.09. The third-order valence-corrected chi connectivity index (χ3v) is 2.18. The molecule has 0 aliphatic heterocycles. The Balaban J connectivity index is 3.01. The van der Waals surface area contributed by atoms with Crippen LogP contribution in [0.5, 0.6) is 0 Å². The van der Waals surface area contributed by atoms with E-state index >= 15 is 0 Å². The second-order valence-corrected chi connectivity index (χ2v) is 3.28. The quantitative estimate of drug-likeness (QED) is 0.748. The number of carbonyl (C=O) groups excluding carboxylic acids is 2. The molecule has 0 aliphatic carbocycles. The minimum Gasteiger partial charge on any atom is -0.281 e. The van der Waals surface area contributed by atoms with Gasteiger partial charge < -0.3 is 0 Å². The van der Waals surface area contributed by atoms with E-state index in [-0.39, 0.29) is 11.4 Å². The smallest absolute Gasteiger partial charge is 0.263 e. The number of rotatable bonds is 2. The van der Waals surface area contributed by atoms with Crippen LogP contribution >= 0.6 is 11.6 Å². The summed E-state index contributed by atoms with van der Waals surface area (Å²) >= 11 is 5.25. The first-order valence-corrected chi connectivity index (χ1v) is 4.82. The van der Waals surface area contributed by atoms with E-state index in [2.05, 4.69) is 0 Å². The van der Waals surface area contributed by atoms with E-state index in [0.717, 1.165) is 12.1 Å². The molecule has 3 nitrogen and oxygen atoms in total. The molecule has 0 fully saturated rings. The summed E-state index contributed by atoms with van der Waals surface area (Å²) in [6.07, 6.45) is 0. The normalized spacial score (nSPS) is 10.0. The van der Waals surface area contributed by atoms with Crippen molar-refractivity contribution in [3.05, 3.63) is 35.4 Å². The summed E-state index contributed by atoms with van der Waals surface area (Å²) in [5.74, 6) is -3.71. The van der Waals surface area contributed by atoms with Crippen molar-refractivity contribution in [2.45, 2.75) is 0 Å². The summed E-state index contributed by atoms with van der Waals surface area (Å²) in [6, 6.07) is 2.49. The summed E-state index contributed by atoms with van der Waals surface area (Å²) in [5, 5.41) is 0. The average molecular weight is 248 g/mol. The van der Waals surface area contributed by atoms with Gasteiger partial charge in [-0.25, -0.2) is 8.78 Å². The summed E-state index contributed by atoms with van der Waals surface area (Å²) in [4.78, 5) is 23.3. The highest BCUT2D eigenvalue weighted by Gasteiger charge is 2.20. The Morgan fingerprint density at radius 1 is 1.38 bits per heavy atom. The Hall–Kier alpha value is -1.49. The zero-order valence-electron chi connectivity index (χ0n) is 8.34. The molecule has 1 aromatic carbocycles. The van der Waals surface area contributed by atoms with Gasteiger partial charge in [-0.3, -0.25) is 14.5 Å². The third kappa shape index (κ3) is 2.55. The number of alkyl halides is 1. The summed E-state index contributed by atoms with van der Waals surface area (Å²) < 4.78 is 25.8. The molecule has 0 N–H and O–H groups in total. The maximum atomic E-state index is 13.2. The van der Waals surface area contributed by atoms with Crippen molar-refractivity contribution >= 4 is 23.4 Å². The van der Waals surface area contributed by atoms with Crippen LogP contribution in [0.15, 0.2) is 18.2 Å². The van der Waals surface area contributed by atoms with Gasteiger partial charge in [0, 0.05) is 13.1 Å². The molecule has 0 atom stereocenters. The van der Waals surface area contributed by atoms with Crippen LogP contribution in [0.1, 0.15) is 10.4 Å². The van der Waals surface area contributed by atoms with Crippen molar-refractivity contribution < 1.29 is 18.4 Å². The molecule has 0 radical (unpaired) electrons. The Morgan fingerprint density at radius 2 is 2.00 bits per heavy atom. The first-order valence-electron chi connectivity index (χ1n) is 4.29. The van der Waals surface area contributed by atoms with Gasteiger partial charge in [-0.15, -0.1) is 11.6 Å². The van der Waals surface area contributed by atoms with Crippen LogP contribution in [0.3, 0.4) is 0 Å². The second-order valence-electron chi connectivity index (χ2n) is 3.02. The lowest BCUT2D eigenvalue weighted by Gasteiger charge is -2.14. The maximum absolute atomic E-state index is 13.2. The molecule has 0 saturated carbocycles. The van der Waals surface area contributed by atoms with Crippen molar-refractivity contribution in [1.29, 1.82) is 0 Å². The van der Waals surface area contributed by atoms with E-state index in [1.54, 1.807) is 0 Å². The van der Waals surface area contributed by atoms with E-state index in [0.29, 0.717) is 11.0 Å². The molecule has 0 bridgehead atoms. The Labute approximate surface area is 95.6 Å². The molecule has 0 heterocycles. The highest BCUT2D eigenvalue weighted by molar-refractivity contribution is 6.28. The molecule has 16 heavy (non-hydrogen) atoms. The second kappa shape index (κ2) is 5.03. The number of benzene rings is 1. The van der Waals surface area contributed by atoms with Crippen LogP contribution in [0, 0.1) is 11.6 Å². The standard InChI is InChI=1S/C10H8ClF2NO2/c1-14(9(15)5-11)10(16)7-3-2-6(12)4-8(7)13/h2-4H,5H2,1H3. The van der Waals surface area contributed by atoms with Gasteiger partial charge in [-0.05, 0) is 12.1 Å². The largest absolute Gasteiger partial charge is 0.281 e. The molecule has 1 aromatic rings. The van der Waals surface area contributed by atoms with Gasteiger partial charge in [0.15, 0.2) is 0 Å². The number of hydrogen-bond acceptors (Lipinski definition) is 2. The van der Waals surface area contributed by atoms with Crippen LogP contribution < -0.4 is 0 Å². The number of amides is 2. The van der Waals surface area contributed by atoms with Crippen molar-refractivity contribution in [3.63, 3.8) is 0 Å². The Bertz CT molecular complexity index is 437. The van der Waals surface area contributed by atoms with Gasteiger partial charge in [0.05, 0.1) is 5.56 Å². The van der Waals surface area contributed by atoms with E-state index in [1.807, 2.05) is 0 Å². The molecule has 1 rings (SSSR count). The molecule has 0 aliphatic rings. The predicted octanol–water partition coefficient (Wildman–Crippen LogP) is 1.80. The first kappa shape index (κ1) is 12.6. The monoisotopic (exact) mass is 247 g/mol. The van der Waals surface area contributed by atoms with Crippen molar-refractivity contribution in [2.75, 3.05) is 12.9 Å². The minimum absolute atomic E-state index is 0.373. The van der Waals surface area contributed by atoms with Gasteiger partial charge in [0.2, 0.25) is 5.91 Å². The van der Waals surface area contributed by atoms with Crippen LogP contribution in [0.2, 0.25) is 0 Å². The van der Waals surface area contributed by atoms with Crippen LogP contribution in [-0.2, 0) is 4.79 Å². The fourth-order valence-corrected chi connectivity index (χ4v) is 1.23. The number of nitrogens with zero attached hydrogens (tertiary/aromatic N) is 1. The predicted molar refractivity (Wildman–Crippen MR) is 54.2 cm³/mol. The van der Waals surface area contributed by atoms with Gasteiger partial charge in [0.1, 0.15) is 17.5 Å². The average Bonchev–Trinajstić information content (AvgIpc) is 2.26. The highest BCUT2D eigenvalue weighted by atomic mass is 35.5. The molecular weight excluding hydrogens is 240 g/mol. The number of hydrogen-bond donors (Lipinski definition) is 0. The van der Waals surface area contributed by atoms with E-state index in [1.165, 1.54) is 7.05 Å². The van der Waals surface area contributed by atoms with Gasteiger partial charge >= 0.3 is 0 Å². The number of halogens is 3. The highest BCUT2D eigenvalue weighted by Crippen LogP contribution is 2.11. The van der Waals surface area contributed by atoms with Crippen LogP contribution in [-0.4, -0.2) is 29.6 Å². The van der Waals surface area contributed by atoms with Crippen LogP contribution in [0.4, 0.5) is 8.78 Å². The van der Waals surface area contributed by atoms with Crippen LogP contribution in [0.25, 0.3) is 0 Å². The summed E-state index contributed by atoms with van der Waals surface area (Å²) in [6.45, 7) is 0. The molecule has 2 amide bonds. The number of imide groups is 1. The van der Waals surface area contributed by atoms with E-state index in [9.17, 15) is 18.4 Å². The van der Waals surface area contributed by atoms with Gasteiger partial charge in [-0.1, -0.05) is 0 Å². The fraction of sp³-hybridized carbons (Fsp3) is 0.200. The lowest BCUT2D eigenvalue weighted by atomic mass is 10.2. The molecule has 6 heteroatoms. The molecule has 0 aromatic heterocycles. The maximum Gasteiger partial charge on any atom is 0.263 e. The van der Waals surface area contributed by atoms with Gasteiger partial charge in [0.25, 0.3) is 5.91 Å². The third-order valence-electron chi connectivity index (χ3n) is 1.95. The summed E-state index contributed by atoms with van der Waals surface area (Å²) in [7, 11) is 1.18. The SMILES string of the molecule is CN(C(=O)CCl)C(=O)c1ccc(F)cc1F. The molecule has 0 spiro atoms. The molecular formula is C10H8ClF2NO2. The molecule has 86 valence electrons. The molecule has 0 unspecified atom stereocenters. The zero-order chi connectivity index (χ0) is 12.3. The topological polar surface area (TPSA) is 37.4 Å². The fourth-order valence-electron chi connectivity index (χ4n) is 1.05. The van der Waals surface area contributed by atoms with Crippen molar-refractivity contribution in [1.82, 2.24) is 4.90 Å². The lowest BCUT2D eigenvalue weighted by Crippen LogP contribution is -2.34. The van der Waals surface area contributed by atoms with E-state index in [4.69, 9.17) is 11.6 Å². The summed E-state index contributed by atoms with van der Waals surface area (Å²) in [5.41, 5.74) is -0.373.